The van der Waals surface area contributed by atoms with Gasteiger partial charge in [0.15, 0.2) is 0 Å². The Hall–Kier alpha value is -2.59. The predicted molar refractivity (Wildman–Crippen MR) is 126 cm³/mol. The summed E-state index contributed by atoms with van der Waals surface area (Å²) in [5.41, 5.74) is 3.27. The van der Waals surface area contributed by atoms with Crippen molar-refractivity contribution in [2.24, 2.45) is 11.6 Å². The Morgan fingerprint density at radius 2 is 1.73 bits per heavy atom. The van der Waals surface area contributed by atoms with Crippen molar-refractivity contribution in [3.05, 3.63) is 70.9 Å². The van der Waals surface area contributed by atoms with E-state index in [1.807, 2.05) is 48.5 Å². The van der Waals surface area contributed by atoms with Gasteiger partial charge in [0.2, 0.25) is 5.60 Å². The van der Waals surface area contributed by atoms with Gasteiger partial charge < -0.3 is 21.0 Å². The van der Waals surface area contributed by atoms with E-state index < -0.39 is 29.5 Å². The zero-order valence-electron chi connectivity index (χ0n) is 18.6. The van der Waals surface area contributed by atoms with Gasteiger partial charge in [-0.15, -0.1) is 11.3 Å². The largest absolute Gasteiger partial charge is 0.422 e. The molecule has 0 bridgehead atoms. The summed E-state index contributed by atoms with van der Waals surface area (Å²) in [5.74, 6) is 5.90. The van der Waals surface area contributed by atoms with Gasteiger partial charge in [0.1, 0.15) is 0 Å². The van der Waals surface area contributed by atoms with Crippen LogP contribution in [-0.2, 0) is 12.1 Å². The summed E-state index contributed by atoms with van der Waals surface area (Å²) in [4.78, 5) is 0.813. The molecule has 5 nitrogen and oxygen atoms in total. The highest BCUT2D eigenvalue weighted by atomic mass is 32.1. The third-order valence-corrected chi connectivity index (χ3v) is 6.97. The second-order valence-electron chi connectivity index (χ2n) is 8.53. The lowest BCUT2D eigenvalue weighted by atomic mass is 9.95. The maximum Gasteiger partial charge on any atom is 0.422 e. The molecule has 0 fully saturated rings. The van der Waals surface area contributed by atoms with Crippen LogP contribution in [0.15, 0.2) is 60.4 Å². The van der Waals surface area contributed by atoms with Gasteiger partial charge in [0, 0.05) is 26.7 Å². The second-order valence-corrected chi connectivity index (χ2v) is 9.58. The highest BCUT2D eigenvalue weighted by Gasteiger charge is 2.54. The molecule has 0 aliphatic rings. The maximum absolute atomic E-state index is 13.2. The van der Waals surface area contributed by atoms with Crippen molar-refractivity contribution in [2.75, 3.05) is 0 Å². The molecule has 0 saturated heterocycles. The Bertz CT molecular complexity index is 1150. The molecule has 0 amide bonds. The van der Waals surface area contributed by atoms with Crippen LogP contribution in [0.4, 0.5) is 13.2 Å². The predicted octanol–water partition coefficient (Wildman–Crippen LogP) is 4.97. The molecule has 33 heavy (non-hydrogen) atoms. The van der Waals surface area contributed by atoms with Gasteiger partial charge in [-0.3, -0.25) is 0 Å². The highest BCUT2D eigenvalue weighted by molar-refractivity contribution is 7.19. The summed E-state index contributed by atoms with van der Waals surface area (Å²) in [7, 11) is 0. The van der Waals surface area contributed by atoms with Crippen molar-refractivity contribution in [3.63, 3.8) is 0 Å². The molecule has 1 atom stereocenters. The third-order valence-electron chi connectivity index (χ3n) is 5.50. The van der Waals surface area contributed by atoms with Crippen LogP contribution in [0.3, 0.4) is 0 Å². The molecule has 3 aromatic rings. The van der Waals surface area contributed by atoms with Crippen LogP contribution in [0.5, 0.6) is 0 Å². The number of hydrogen-bond donors (Lipinski definition) is 4. The molecule has 6 N–H and O–H groups in total. The fourth-order valence-electron chi connectivity index (χ4n) is 3.67. The Morgan fingerprint density at radius 3 is 2.27 bits per heavy atom. The first kappa shape index (κ1) is 25.0. The average molecular weight is 480 g/mol. The Balaban J connectivity index is 1.97. The van der Waals surface area contributed by atoms with E-state index in [1.54, 1.807) is 13.8 Å². The molecule has 0 aliphatic heterocycles. The number of alkyl halides is 3. The minimum atomic E-state index is -4.92. The molecule has 0 radical (unpaired) electrons. The Morgan fingerprint density at radius 1 is 1.09 bits per heavy atom. The summed E-state index contributed by atoms with van der Waals surface area (Å²) in [6.07, 6.45) is -4.64. The minimum absolute atomic E-state index is 0.0741. The molecule has 3 rings (SSSR count). The first-order chi connectivity index (χ1) is 15.3. The number of halogens is 3. The first-order valence-corrected chi connectivity index (χ1v) is 11.2. The van der Waals surface area contributed by atoms with E-state index in [0.717, 1.165) is 42.9 Å². The minimum Gasteiger partial charge on any atom is -0.398 e. The SMILES string of the molecule is CCC(O)(/C(N)=C/N(N)Cc1ccc2c(-c3ccccc3)c(C(C)(C)O)sc2c1)C(F)(F)F. The summed E-state index contributed by atoms with van der Waals surface area (Å²) in [6.45, 7) is 4.74. The number of benzene rings is 2. The van der Waals surface area contributed by atoms with Gasteiger partial charge in [-0.2, -0.15) is 13.2 Å². The van der Waals surface area contributed by atoms with Crippen LogP contribution >= 0.6 is 11.3 Å². The molecule has 0 aliphatic carbocycles. The summed E-state index contributed by atoms with van der Waals surface area (Å²) in [6, 6.07) is 15.4. The van der Waals surface area contributed by atoms with Gasteiger partial charge in [0.05, 0.1) is 17.8 Å². The zero-order valence-corrected chi connectivity index (χ0v) is 19.5. The lowest BCUT2D eigenvalue weighted by Crippen LogP contribution is -2.49. The third kappa shape index (κ3) is 5.01. The van der Waals surface area contributed by atoms with E-state index in [9.17, 15) is 23.4 Å². The van der Waals surface area contributed by atoms with Crippen LogP contribution in [0, 0.1) is 0 Å². The second kappa shape index (κ2) is 8.98. The van der Waals surface area contributed by atoms with E-state index in [2.05, 4.69) is 0 Å². The molecule has 178 valence electrons. The summed E-state index contributed by atoms with van der Waals surface area (Å²) >= 11 is 1.45. The number of nitrogens with two attached hydrogens (primary N) is 2. The number of thiophene rings is 1. The van der Waals surface area contributed by atoms with Crippen molar-refractivity contribution in [3.8, 4) is 11.1 Å². The number of aliphatic hydroxyl groups is 2. The van der Waals surface area contributed by atoms with E-state index in [4.69, 9.17) is 11.6 Å². The zero-order chi connectivity index (χ0) is 24.6. The number of hydrazine groups is 1. The number of fused-ring (bicyclic) bond motifs is 1. The molecule has 1 heterocycles. The van der Waals surface area contributed by atoms with Crippen LogP contribution in [0.2, 0.25) is 0 Å². The quantitative estimate of drug-likeness (QED) is 0.283. The van der Waals surface area contributed by atoms with Crippen molar-refractivity contribution < 1.29 is 23.4 Å². The lowest BCUT2D eigenvalue weighted by Gasteiger charge is -2.30. The van der Waals surface area contributed by atoms with E-state index in [0.29, 0.717) is 0 Å². The van der Waals surface area contributed by atoms with E-state index in [1.165, 1.54) is 18.3 Å². The fraction of sp³-hybridized carbons (Fsp3) is 0.333. The van der Waals surface area contributed by atoms with Crippen molar-refractivity contribution >= 4 is 21.4 Å². The summed E-state index contributed by atoms with van der Waals surface area (Å²) < 4.78 is 40.6. The normalized spacial score (nSPS) is 15.0. The molecule has 1 unspecified atom stereocenters. The van der Waals surface area contributed by atoms with E-state index in [-0.39, 0.29) is 6.54 Å². The number of rotatable bonds is 7. The highest BCUT2D eigenvalue weighted by Crippen LogP contribution is 2.44. The van der Waals surface area contributed by atoms with Crippen molar-refractivity contribution in [2.45, 2.75) is 51.1 Å². The Labute approximate surface area is 194 Å². The van der Waals surface area contributed by atoms with Gasteiger partial charge in [-0.1, -0.05) is 49.4 Å². The Kier molecular flexibility index (Phi) is 6.82. The van der Waals surface area contributed by atoms with Crippen LogP contribution < -0.4 is 11.6 Å². The number of hydrogen-bond acceptors (Lipinski definition) is 6. The van der Waals surface area contributed by atoms with Gasteiger partial charge in [-0.05, 0) is 37.5 Å². The average Bonchev–Trinajstić information content (AvgIpc) is 3.12. The topological polar surface area (TPSA) is 95.7 Å². The summed E-state index contributed by atoms with van der Waals surface area (Å²) in [5, 5.41) is 22.7. The van der Waals surface area contributed by atoms with Crippen molar-refractivity contribution in [1.82, 2.24) is 5.01 Å². The van der Waals surface area contributed by atoms with Crippen LogP contribution in [0.25, 0.3) is 21.2 Å². The molecule has 0 spiro atoms. The first-order valence-electron chi connectivity index (χ1n) is 10.4. The van der Waals surface area contributed by atoms with E-state index >= 15 is 0 Å². The number of nitrogens with zero attached hydrogens (tertiary/aromatic N) is 1. The molecule has 1 aromatic heterocycles. The van der Waals surface area contributed by atoms with Gasteiger partial charge in [-0.25, -0.2) is 5.84 Å². The van der Waals surface area contributed by atoms with Gasteiger partial charge >= 0.3 is 6.18 Å². The van der Waals surface area contributed by atoms with Gasteiger partial charge in [0.25, 0.3) is 0 Å². The molecule has 9 heteroatoms. The fourth-order valence-corrected chi connectivity index (χ4v) is 4.96. The van der Waals surface area contributed by atoms with Crippen molar-refractivity contribution in [1.29, 1.82) is 0 Å². The molecular weight excluding hydrogens is 451 g/mol. The molecule has 2 aromatic carbocycles. The molecule has 0 saturated carbocycles. The standard InChI is InChI=1S/C24H28F3N3O2S/c1-4-23(32,24(25,26)27)19(28)14-30(29)13-15-10-11-17-18(12-15)33-21(22(2,3)31)20(17)16-8-6-5-7-9-16/h5-12,14,31-32H,4,13,28-29H2,1-3H3/b19-14-. The monoisotopic (exact) mass is 479 g/mol. The lowest BCUT2D eigenvalue weighted by molar-refractivity contribution is -0.245. The molecular formula is C24H28F3N3O2S. The maximum atomic E-state index is 13.2. The van der Waals surface area contributed by atoms with Crippen LogP contribution in [0.1, 0.15) is 37.6 Å². The smallest absolute Gasteiger partial charge is 0.398 e. The van der Waals surface area contributed by atoms with Crippen LogP contribution in [-0.4, -0.2) is 27.0 Å².